The first-order valence-electron chi connectivity index (χ1n) is 12.5. The summed E-state index contributed by atoms with van der Waals surface area (Å²) in [5.74, 6) is 1.85. The standard InChI is InChI=1S/C26H31N9O/c27-13-12-24(36)34-17-15-33(16-18-34)22-10-6-20(7-11-22)19-4-8-21(9-5-19)30-26-31-25(28)35(32-26)23-3-1-2-14-29-23/h1-5,8-9,14,20,22H,6-7,10-12,15-18H2,(H3,28,30,31,32). The van der Waals surface area contributed by atoms with E-state index in [1.54, 1.807) is 6.20 Å². The van der Waals surface area contributed by atoms with Crippen LogP contribution in [0.4, 0.5) is 17.6 Å². The Hall–Kier alpha value is -3.97. The second kappa shape index (κ2) is 10.7. The molecule has 1 saturated heterocycles. The smallest absolute Gasteiger partial charge is 0.248 e. The first-order valence-corrected chi connectivity index (χ1v) is 12.5. The summed E-state index contributed by atoms with van der Waals surface area (Å²) >= 11 is 0. The van der Waals surface area contributed by atoms with Crippen LogP contribution in [0.25, 0.3) is 5.82 Å². The lowest BCUT2D eigenvalue weighted by Crippen LogP contribution is -2.52. The topological polar surface area (TPSA) is 129 Å². The number of nitrogens with one attached hydrogen (secondary N) is 1. The number of hydrogen-bond acceptors (Lipinski definition) is 8. The molecule has 10 heteroatoms. The van der Waals surface area contributed by atoms with E-state index in [4.69, 9.17) is 11.0 Å². The molecule has 3 heterocycles. The van der Waals surface area contributed by atoms with E-state index in [9.17, 15) is 4.79 Å². The number of piperazine rings is 1. The zero-order valence-electron chi connectivity index (χ0n) is 20.3. The van der Waals surface area contributed by atoms with E-state index in [0.29, 0.717) is 23.7 Å². The van der Waals surface area contributed by atoms with Crippen LogP contribution in [0, 0.1) is 11.3 Å². The molecule has 1 aromatic carbocycles. The number of pyridine rings is 1. The minimum absolute atomic E-state index is 0.0155. The van der Waals surface area contributed by atoms with Gasteiger partial charge in [0.2, 0.25) is 17.8 Å². The highest BCUT2D eigenvalue weighted by Crippen LogP contribution is 2.35. The molecule has 10 nitrogen and oxygen atoms in total. The Labute approximate surface area is 210 Å². The second-order valence-corrected chi connectivity index (χ2v) is 9.40. The zero-order chi connectivity index (χ0) is 24.9. The number of benzene rings is 1. The zero-order valence-corrected chi connectivity index (χ0v) is 20.3. The van der Waals surface area contributed by atoms with E-state index in [1.165, 1.54) is 23.1 Å². The number of rotatable bonds is 6. The van der Waals surface area contributed by atoms with Gasteiger partial charge in [-0.1, -0.05) is 18.2 Å². The number of amides is 1. The number of hydrogen-bond donors (Lipinski definition) is 2. The van der Waals surface area contributed by atoms with Crippen molar-refractivity contribution in [2.75, 3.05) is 37.2 Å². The van der Waals surface area contributed by atoms with Crippen molar-refractivity contribution in [1.82, 2.24) is 29.5 Å². The van der Waals surface area contributed by atoms with Gasteiger partial charge in [0.15, 0.2) is 5.82 Å². The molecular formula is C26H31N9O. The van der Waals surface area contributed by atoms with Crippen molar-refractivity contribution in [2.45, 2.75) is 44.1 Å². The summed E-state index contributed by atoms with van der Waals surface area (Å²) < 4.78 is 1.51. The van der Waals surface area contributed by atoms with E-state index >= 15 is 0 Å². The molecule has 1 saturated carbocycles. The molecule has 2 aromatic heterocycles. The first-order chi connectivity index (χ1) is 17.6. The maximum Gasteiger partial charge on any atom is 0.248 e. The SMILES string of the molecule is N#CCC(=O)N1CCN(C2CCC(c3ccc(Nc4nc(N)n(-c5ccccn5)n4)cc3)CC2)CC1. The summed E-state index contributed by atoms with van der Waals surface area (Å²) in [6.07, 6.45) is 6.35. The Bertz CT molecular complexity index is 1200. The molecule has 1 aliphatic heterocycles. The van der Waals surface area contributed by atoms with Gasteiger partial charge in [-0.05, 0) is 61.4 Å². The highest BCUT2D eigenvalue weighted by molar-refractivity contribution is 5.78. The maximum absolute atomic E-state index is 11.9. The van der Waals surface area contributed by atoms with Crippen molar-refractivity contribution in [3.8, 4) is 11.9 Å². The highest BCUT2D eigenvalue weighted by atomic mass is 16.2. The van der Waals surface area contributed by atoms with Gasteiger partial charge < -0.3 is 16.0 Å². The summed E-state index contributed by atoms with van der Waals surface area (Å²) in [6, 6.07) is 16.6. The molecule has 0 bridgehead atoms. The van der Waals surface area contributed by atoms with Gasteiger partial charge in [0.05, 0.1) is 6.07 Å². The maximum atomic E-state index is 11.9. The van der Waals surface area contributed by atoms with Gasteiger partial charge in [-0.25, -0.2) is 4.98 Å². The average Bonchev–Trinajstić information content (AvgIpc) is 3.29. The minimum atomic E-state index is -0.0420. The number of nitrogens with two attached hydrogens (primary N) is 1. The van der Waals surface area contributed by atoms with Crippen LogP contribution in [0.5, 0.6) is 0 Å². The summed E-state index contributed by atoms with van der Waals surface area (Å²) in [6.45, 7) is 3.27. The Morgan fingerprint density at radius 3 is 2.47 bits per heavy atom. The van der Waals surface area contributed by atoms with Gasteiger partial charge in [0.1, 0.15) is 6.42 Å². The second-order valence-electron chi connectivity index (χ2n) is 9.40. The number of nitriles is 1. The molecule has 2 aliphatic rings. The van der Waals surface area contributed by atoms with Crippen molar-refractivity contribution in [3.63, 3.8) is 0 Å². The summed E-state index contributed by atoms with van der Waals surface area (Å²) in [4.78, 5) is 24.9. The highest BCUT2D eigenvalue weighted by Gasteiger charge is 2.30. The van der Waals surface area contributed by atoms with Crippen molar-refractivity contribution in [3.05, 3.63) is 54.2 Å². The lowest BCUT2D eigenvalue weighted by molar-refractivity contribution is -0.132. The molecule has 186 valence electrons. The molecule has 0 atom stereocenters. The Morgan fingerprint density at radius 2 is 1.81 bits per heavy atom. The molecule has 2 fully saturated rings. The fraction of sp³-hybridized carbons (Fsp3) is 0.423. The van der Waals surface area contributed by atoms with Crippen LogP contribution in [0.3, 0.4) is 0 Å². The third-order valence-corrected chi connectivity index (χ3v) is 7.25. The Kier molecular flexibility index (Phi) is 7.09. The number of anilines is 3. The van der Waals surface area contributed by atoms with Crippen LogP contribution in [-0.4, -0.2) is 67.7 Å². The Morgan fingerprint density at radius 1 is 1.06 bits per heavy atom. The average molecular weight is 486 g/mol. The van der Waals surface area contributed by atoms with Gasteiger partial charge in [-0.15, -0.1) is 5.10 Å². The third kappa shape index (κ3) is 5.31. The summed E-state index contributed by atoms with van der Waals surface area (Å²) in [5.41, 5.74) is 8.29. The normalized spacial score (nSPS) is 20.6. The van der Waals surface area contributed by atoms with E-state index in [0.717, 1.165) is 44.7 Å². The van der Waals surface area contributed by atoms with Crippen LogP contribution in [-0.2, 0) is 4.79 Å². The van der Waals surface area contributed by atoms with Crippen molar-refractivity contribution in [1.29, 1.82) is 5.26 Å². The molecule has 36 heavy (non-hydrogen) atoms. The molecule has 0 spiro atoms. The van der Waals surface area contributed by atoms with Gasteiger partial charge in [0, 0.05) is 44.1 Å². The van der Waals surface area contributed by atoms with E-state index in [2.05, 4.69) is 49.5 Å². The van der Waals surface area contributed by atoms with Crippen molar-refractivity contribution in [2.24, 2.45) is 0 Å². The molecule has 1 amide bonds. The van der Waals surface area contributed by atoms with Crippen molar-refractivity contribution >= 4 is 23.5 Å². The fourth-order valence-electron chi connectivity index (χ4n) is 5.28. The number of nitrogen functional groups attached to an aromatic ring is 1. The monoisotopic (exact) mass is 485 g/mol. The fourth-order valence-corrected chi connectivity index (χ4v) is 5.28. The van der Waals surface area contributed by atoms with Crippen molar-refractivity contribution < 1.29 is 4.79 Å². The third-order valence-electron chi connectivity index (χ3n) is 7.25. The summed E-state index contributed by atoms with van der Waals surface area (Å²) in [7, 11) is 0. The van der Waals surface area contributed by atoms with Crippen LogP contribution in [0.2, 0.25) is 0 Å². The quantitative estimate of drug-likeness (QED) is 0.545. The van der Waals surface area contributed by atoms with Crippen LogP contribution < -0.4 is 11.1 Å². The first kappa shape index (κ1) is 23.8. The number of carbonyl (C=O) groups excluding carboxylic acids is 1. The predicted octanol–water partition coefficient (Wildman–Crippen LogP) is 3.07. The molecule has 3 N–H and O–H groups in total. The Balaban J connectivity index is 1.12. The van der Waals surface area contributed by atoms with Gasteiger partial charge in [0.25, 0.3) is 0 Å². The van der Waals surface area contributed by atoms with Gasteiger partial charge in [-0.2, -0.15) is 14.9 Å². The molecule has 1 aliphatic carbocycles. The molecule has 3 aromatic rings. The van der Waals surface area contributed by atoms with Crippen LogP contribution in [0.15, 0.2) is 48.7 Å². The molecule has 0 unspecified atom stereocenters. The summed E-state index contributed by atoms with van der Waals surface area (Å²) in [5, 5.41) is 16.4. The van der Waals surface area contributed by atoms with Gasteiger partial charge >= 0.3 is 0 Å². The van der Waals surface area contributed by atoms with E-state index in [-0.39, 0.29) is 18.3 Å². The lowest BCUT2D eigenvalue weighted by Gasteiger charge is -2.42. The van der Waals surface area contributed by atoms with E-state index < -0.39 is 0 Å². The molecule has 0 radical (unpaired) electrons. The lowest BCUT2D eigenvalue weighted by atomic mass is 9.81. The number of nitrogens with zero attached hydrogens (tertiary/aromatic N) is 7. The largest absolute Gasteiger partial charge is 0.368 e. The van der Waals surface area contributed by atoms with Gasteiger partial charge in [-0.3, -0.25) is 9.69 Å². The number of carbonyl (C=O) groups is 1. The predicted molar refractivity (Wildman–Crippen MR) is 137 cm³/mol. The molecular weight excluding hydrogens is 454 g/mol. The number of aromatic nitrogens is 4. The van der Waals surface area contributed by atoms with Crippen LogP contribution in [0.1, 0.15) is 43.6 Å². The van der Waals surface area contributed by atoms with Crippen LogP contribution >= 0.6 is 0 Å². The minimum Gasteiger partial charge on any atom is -0.368 e. The van der Waals surface area contributed by atoms with E-state index in [1.807, 2.05) is 29.2 Å². The molecule has 5 rings (SSSR count).